The molecule has 0 radical (unpaired) electrons. The molecule has 17 heavy (non-hydrogen) atoms. The lowest BCUT2D eigenvalue weighted by Gasteiger charge is -2.23. The molecule has 3 heteroatoms. The predicted octanol–water partition coefficient (Wildman–Crippen LogP) is 2.52. The second-order valence-corrected chi connectivity index (χ2v) is 4.79. The SMILES string of the molecule is CCC1CCNC1c1ccc2c(c1)OCCO2. The molecule has 1 saturated heterocycles. The predicted molar refractivity (Wildman–Crippen MR) is 66.6 cm³/mol. The smallest absolute Gasteiger partial charge is 0.161 e. The van der Waals surface area contributed by atoms with E-state index in [-0.39, 0.29) is 0 Å². The largest absolute Gasteiger partial charge is 0.486 e. The minimum absolute atomic E-state index is 0.482. The maximum absolute atomic E-state index is 5.64. The van der Waals surface area contributed by atoms with Crippen LogP contribution in [0, 0.1) is 5.92 Å². The quantitative estimate of drug-likeness (QED) is 0.851. The summed E-state index contributed by atoms with van der Waals surface area (Å²) in [6, 6.07) is 6.83. The van der Waals surface area contributed by atoms with Crippen LogP contribution < -0.4 is 14.8 Å². The molecular formula is C14H19NO2. The Bertz CT molecular complexity index is 405. The lowest BCUT2D eigenvalue weighted by atomic mass is 9.92. The van der Waals surface area contributed by atoms with E-state index >= 15 is 0 Å². The zero-order valence-corrected chi connectivity index (χ0v) is 10.2. The van der Waals surface area contributed by atoms with Crippen LogP contribution in [0.3, 0.4) is 0 Å². The van der Waals surface area contributed by atoms with Gasteiger partial charge in [0.15, 0.2) is 11.5 Å². The fourth-order valence-electron chi connectivity index (χ4n) is 2.84. The number of nitrogens with one attached hydrogen (secondary N) is 1. The topological polar surface area (TPSA) is 30.5 Å². The highest BCUT2D eigenvalue weighted by atomic mass is 16.6. The third kappa shape index (κ3) is 2.00. The molecule has 2 aliphatic heterocycles. The standard InChI is InChI=1S/C14H19NO2/c1-2-10-5-6-15-14(10)11-3-4-12-13(9-11)17-8-7-16-12/h3-4,9-10,14-15H,2,5-8H2,1H3. The Labute approximate surface area is 102 Å². The summed E-state index contributed by atoms with van der Waals surface area (Å²) in [5, 5.41) is 3.58. The molecule has 0 aliphatic carbocycles. The van der Waals surface area contributed by atoms with Gasteiger partial charge in [-0.1, -0.05) is 19.4 Å². The highest BCUT2D eigenvalue weighted by molar-refractivity contribution is 5.45. The average Bonchev–Trinajstić information content (AvgIpc) is 2.86. The number of hydrogen-bond donors (Lipinski definition) is 1. The van der Waals surface area contributed by atoms with Crippen LogP contribution in [-0.4, -0.2) is 19.8 Å². The molecule has 92 valence electrons. The summed E-state index contributed by atoms with van der Waals surface area (Å²) in [5.41, 5.74) is 1.33. The third-order valence-corrected chi connectivity index (χ3v) is 3.80. The van der Waals surface area contributed by atoms with Crippen molar-refractivity contribution in [3.63, 3.8) is 0 Å². The summed E-state index contributed by atoms with van der Waals surface area (Å²) in [7, 11) is 0. The van der Waals surface area contributed by atoms with Gasteiger partial charge in [0.25, 0.3) is 0 Å². The zero-order chi connectivity index (χ0) is 11.7. The van der Waals surface area contributed by atoms with Gasteiger partial charge in [0.1, 0.15) is 13.2 Å². The van der Waals surface area contributed by atoms with Gasteiger partial charge in [0, 0.05) is 6.04 Å². The van der Waals surface area contributed by atoms with Crippen LogP contribution in [0.25, 0.3) is 0 Å². The van der Waals surface area contributed by atoms with Gasteiger partial charge < -0.3 is 14.8 Å². The zero-order valence-electron chi connectivity index (χ0n) is 10.2. The Hall–Kier alpha value is -1.22. The summed E-state index contributed by atoms with van der Waals surface area (Å²) in [4.78, 5) is 0. The molecule has 0 bridgehead atoms. The first-order valence-electron chi connectivity index (χ1n) is 6.51. The first kappa shape index (κ1) is 10.9. The molecule has 3 nitrogen and oxygen atoms in total. The number of fused-ring (bicyclic) bond motifs is 1. The molecule has 2 heterocycles. The van der Waals surface area contributed by atoms with Crippen LogP contribution in [0.5, 0.6) is 11.5 Å². The van der Waals surface area contributed by atoms with Crippen molar-refractivity contribution in [2.45, 2.75) is 25.8 Å². The molecule has 1 fully saturated rings. The molecule has 0 saturated carbocycles. The van der Waals surface area contributed by atoms with Crippen molar-refractivity contribution >= 4 is 0 Å². The van der Waals surface area contributed by atoms with Crippen LogP contribution in [-0.2, 0) is 0 Å². The van der Waals surface area contributed by atoms with Crippen LogP contribution >= 0.6 is 0 Å². The Balaban J connectivity index is 1.88. The van der Waals surface area contributed by atoms with Gasteiger partial charge in [0.05, 0.1) is 0 Å². The third-order valence-electron chi connectivity index (χ3n) is 3.80. The van der Waals surface area contributed by atoms with Crippen LogP contribution in [0.2, 0.25) is 0 Å². The van der Waals surface area contributed by atoms with E-state index < -0.39 is 0 Å². The van der Waals surface area contributed by atoms with Crippen molar-refractivity contribution in [3.8, 4) is 11.5 Å². The van der Waals surface area contributed by atoms with Crippen LogP contribution in [0.4, 0.5) is 0 Å². The Morgan fingerprint density at radius 2 is 2.06 bits per heavy atom. The fraction of sp³-hybridized carbons (Fsp3) is 0.571. The minimum atomic E-state index is 0.482. The first-order chi connectivity index (χ1) is 8.38. The van der Waals surface area contributed by atoms with Crippen molar-refractivity contribution in [2.75, 3.05) is 19.8 Å². The highest BCUT2D eigenvalue weighted by Gasteiger charge is 2.27. The molecule has 2 aliphatic rings. The van der Waals surface area contributed by atoms with Gasteiger partial charge in [-0.3, -0.25) is 0 Å². The van der Waals surface area contributed by atoms with Gasteiger partial charge in [-0.05, 0) is 36.6 Å². The van der Waals surface area contributed by atoms with Crippen LogP contribution in [0.1, 0.15) is 31.4 Å². The Morgan fingerprint density at radius 1 is 1.24 bits per heavy atom. The molecule has 0 spiro atoms. The van der Waals surface area contributed by atoms with Gasteiger partial charge in [0.2, 0.25) is 0 Å². The molecule has 3 rings (SSSR count). The van der Waals surface area contributed by atoms with Gasteiger partial charge in [-0.2, -0.15) is 0 Å². The molecule has 1 N–H and O–H groups in total. The summed E-state index contributed by atoms with van der Waals surface area (Å²) < 4.78 is 11.2. The van der Waals surface area contributed by atoms with E-state index in [2.05, 4.69) is 24.4 Å². The van der Waals surface area contributed by atoms with Crippen molar-refractivity contribution in [1.82, 2.24) is 5.32 Å². The normalized spacial score (nSPS) is 27.1. The second-order valence-electron chi connectivity index (χ2n) is 4.79. The lowest BCUT2D eigenvalue weighted by molar-refractivity contribution is 0.171. The molecule has 0 aromatic heterocycles. The Kier molecular flexibility index (Phi) is 2.93. The van der Waals surface area contributed by atoms with Gasteiger partial charge in [-0.15, -0.1) is 0 Å². The van der Waals surface area contributed by atoms with Crippen molar-refractivity contribution in [2.24, 2.45) is 5.92 Å². The van der Waals surface area contributed by atoms with E-state index in [9.17, 15) is 0 Å². The maximum Gasteiger partial charge on any atom is 0.161 e. The molecular weight excluding hydrogens is 214 g/mol. The van der Waals surface area contributed by atoms with E-state index in [1.165, 1.54) is 18.4 Å². The average molecular weight is 233 g/mol. The van der Waals surface area contributed by atoms with E-state index in [0.29, 0.717) is 19.3 Å². The summed E-state index contributed by atoms with van der Waals surface area (Å²) in [6.07, 6.45) is 2.50. The molecule has 2 atom stereocenters. The van der Waals surface area contributed by atoms with Crippen molar-refractivity contribution in [3.05, 3.63) is 23.8 Å². The maximum atomic E-state index is 5.64. The monoisotopic (exact) mass is 233 g/mol. The number of hydrogen-bond acceptors (Lipinski definition) is 3. The van der Waals surface area contributed by atoms with E-state index in [1.54, 1.807) is 0 Å². The van der Waals surface area contributed by atoms with Crippen molar-refractivity contribution < 1.29 is 9.47 Å². The number of benzene rings is 1. The van der Waals surface area contributed by atoms with E-state index in [0.717, 1.165) is 24.0 Å². The van der Waals surface area contributed by atoms with Gasteiger partial charge >= 0.3 is 0 Å². The van der Waals surface area contributed by atoms with E-state index in [1.807, 2.05) is 6.07 Å². The van der Waals surface area contributed by atoms with Crippen LogP contribution in [0.15, 0.2) is 18.2 Å². The molecule has 0 amide bonds. The summed E-state index contributed by atoms with van der Waals surface area (Å²) in [6.45, 7) is 4.71. The Morgan fingerprint density at radius 3 is 2.88 bits per heavy atom. The first-order valence-corrected chi connectivity index (χ1v) is 6.51. The molecule has 2 unspecified atom stereocenters. The van der Waals surface area contributed by atoms with Crippen molar-refractivity contribution in [1.29, 1.82) is 0 Å². The number of ether oxygens (including phenoxy) is 2. The highest BCUT2D eigenvalue weighted by Crippen LogP contribution is 2.37. The minimum Gasteiger partial charge on any atom is -0.486 e. The van der Waals surface area contributed by atoms with E-state index in [4.69, 9.17) is 9.47 Å². The van der Waals surface area contributed by atoms with Gasteiger partial charge in [-0.25, -0.2) is 0 Å². The lowest BCUT2D eigenvalue weighted by Crippen LogP contribution is -2.19. The summed E-state index contributed by atoms with van der Waals surface area (Å²) in [5.74, 6) is 2.53. The fourth-order valence-corrected chi connectivity index (χ4v) is 2.84. The molecule has 1 aromatic carbocycles. The molecule has 1 aromatic rings. The summed E-state index contributed by atoms with van der Waals surface area (Å²) >= 11 is 0. The second kappa shape index (κ2) is 4.57. The number of rotatable bonds is 2.